The van der Waals surface area contributed by atoms with Crippen LogP contribution in [0, 0.1) is 5.92 Å². The minimum absolute atomic E-state index is 0.422. The van der Waals surface area contributed by atoms with Crippen LogP contribution in [0.4, 0.5) is 8.78 Å². The molecule has 0 aromatic carbocycles. The molecule has 1 aliphatic carbocycles. The van der Waals surface area contributed by atoms with Crippen LogP contribution in [0.15, 0.2) is 0 Å². The highest BCUT2D eigenvalue weighted by Gasteiger charge is 2.45. The zero-order valence-electron chi connectivity index (χ0n) is 7.36. The fraction of sp³-hybridized carbons (Fsp3) is 0.889. The van der Waals surface area contributed by atoms with E-state index >= 15 is 0 Å². The van der Waals surface area contributed by atoms with Crippen molar-refractivity contribution >= 4 is 16.8 Å². The first-order valence-electron chi connectivity index (χ1n) is 4.63. The topological polar surface area (TPSA) is 17.1 Å². The Balaban J connectivity index is 2.62. The molecule has 0 aliphatic heterocycles. The molecule has 4 heteroatoms. The predicted octanol–water partition coefficient (Wildman–Crippen LogP) is 3.36. The van der Waals surface area contributed by atoms with E-state index in [2.05, 4.69) is 0 Å². The Morgan fingerprint density at radius 2 is 1.62 bits per heavy atom. The zero-order valence-corrected chi connectivity index (χ0v) is 8.12. The fourth-order valence-corrected chi connectivity index (χ4v) is 1.96. The average Bonchev–Trinajstić information content (AvgIpc) is 2.31. The Hall–Kier alpha value is -0.180. The quantitative estimate of drug-likeness (QED) is 0.505. The smallest absolute Gasteiger partial charge is 0.274 e. The van der Waals surface area contributed by atoms with Crippen molar-refractivity contribution in [1.82, 2.24) is 0 Å². The summed E-state index contributed by atoms with van der Waals surface area (Å²) in [5.41, 5.74) is 0. The SMILES string of the molecule is O=C(Cl)C(F)(F)C1CCCCCC1. The second kappa shape index (κ2) is 4.36. The van der Waals surface area contributed by atoms with Gasteiger partial charge in [-0.3, -0.25) is 4.79 Å². The first-order valence-corrected chi connectivity index (χ1v) is 5.00. The molecule has 1 fully saturated rings. The second-order valence-electron chi connectivity index (χ2n) is 3.59. The molecule has 0 spiro atoms. The molecule has 0 heterocycles. The molecule has 13 heavy (non-hydrogen) atoms. The fourth-order valence-electron chi connectivity index (χ4n) is 1.80. The number of halogens is 3. The molecule has 1 nitrogen and oxygen atoms in total. The highest BCUT2D eigenvalue weighted by atomic mass is 35.5. The van der Waals surface area contributed by atoms with Gasteiger partial charge in [0.15, 0.2) is 0 Å². The van der Waals surface area contributed by atoms with Crippen LogP contribution in [0.1, 0.15) is 38.5 Å². The van der Waals surface area contributed by atoms with Crippen molar-refractivity contribution in [2.45, 2.75) is 44.4 Å². The van der Waals surface area contributed by atoms with Gasteiger partial charge in [-0.25, -0.2) is 0 Å². The number of hydrogen-bond acceptors (Lipinski definition) is 1. The lowest BCUT2D eigenvalue weighted by Crippen LogP contribution is -2.34. The number of alkyl halides is 2. The van der Waals surface area contributed by atoms with Crippen molar-refractivity contribution in [3.05, 3.63) is 0 Å². The highest BCUT2D eigenvalue weighted by Crippen LogP contribution is 2.36. The van der Waals surface area contributed by atoms with Crippen molar-refractivity contribution in [3.8, 4) is 0 Å². The Morgan fingerprint density at radius 1 is 1.15 bits per heavy atom. The Labute approximate surface area is 81.4 Å². The maximum atomic E-state index is 13.1. The largest absolute Gasteiger partial charge is 0.322 e. The normalized spacial score (nSPS) is 21.2. The number of hydrogen-bond donors (Lipinski definition) is 0. The molecule has 0 amide bonds. The molecule has 1 rings (SSSR count). The summed E-state index contributed by atoms with van der Waals surface area (Å²) in [6.07, 6.45) is 4.39. The van der Waals surface area contributed by atoms with Crippen molar-refractivity contribution in [2.24, 2.45) is 5.92 Å². The summed E-state index contributed by atoms with van der Waals surface area (Å²) in [6.45, 7) is 0. The first-order chi connectivity index (χ1) is 6.05. The maximum Gasteiger partial charge on any atom is 0.322 e. The van der Waals surface area contributed by atoms with Gasteiger partial charge in [0.05, 0.1) is 0 Å². The van der Waals surface area contributed by atoms with E-state index in [0.29, 0.717) is 12.8 Å². The van der Waals surface area contributed by atoms with Crippen LogP contribution in [0.2, 0.25) is 0 Å². The van der Waals surface area contributed by atoms with E-state index in [-0.39, 0.29) is 0 Å². The van der Waals surface area contributed by atoms with Gasteiger partial charge in [-0.15, -0.1) is 0 Å². The summed E-state index contributed by atoms with van der Waals surface area (Å²) >= 11 is 4.87. The summed E-state index contributed by atoms with van der Waals surface area (Å²) in [4.78, 5) is 10.5. The Bertz CT molecular complexity index is 186. The van der Waals surface area contributed by atoms with Gasteiger partial charge < -0.3 is 0 Å². The van der Waals surface area contributed by atoms with E-state index in [1.807, 2.05) is 0 Å². The van der Waals surface area contributed by atoms with Crippen LogP contribution in [0.3, 0.4) is 0 Å². The Kier molecular flexibility index (Phi) is 3.65. The standard InChI is InChI=1S/C9H13ClF2O/c10-8(13)9(11,12)7-5-3-1-2-4-6-7/h7H,1-6H2. The van der Waals surface area contributed by atoms with E-state index in [0.717, 1.165) is 25.7 Å². The van der Waals surface area contributed by atoms with Crippen LogP contribution in [0.25, 0.3) is 0 Å². The van der Waals surface area contributed by atoms with E-state index < -0.39 is 17.1 Å². The number of rotatable bonds is 2. The molecule has 0 N–H and O–H groups in total. The average molecular weight is 211 g/mol. The zero-order chi connectivity index (χ0) is 9.90. The third-order valence-electron chi connectivity index (χ3n) is 2.63. The molecule has 0 bridgehead atoms. The molecule has 0 saturated heterocycles. The number of carbonyl (C=O) groups excluding carboxylic acids is 1. The summed E-state index contributed by atoms with van der Waals surface area (Å²) in [6, 6.07) is 0. The molecule has 0 atom stereocenters. The lowest BCUT2D eigenvalue weighted by Gasteiger charge is -2.21. The third-order valence-corrected chi connectivity index (χ3v) is 2.88. The first kappa shape index (κ1) is 10.9. The van der Waals surface area contributed by atoms with Crippen LogP contribution in [0.5, 0.6) is 0 Å². The van der Waals surface area contributed by atoms with Gasteiger partial charge in [-0.05, 0) is 24.4 Å². The third kappa shape index (κ3) is 2.63. The van der Waals surface area contributed by atoms with E-state index in [9.17, 15) is 13.6 Å². The summed E-state index contributed by atoms with van der Waals surface area (Å²) in [5, 5.41) is -1.50. The summed E-state index contributed by atoms with van der Waals surface area (Å²) in [7, 11) is 0. The van der Waals surface area contributed by atoms with Gasteiger partial charge in [0.25, 0.3) is 5.24 Å². The molecule has 0 unspecified atom stereocenters. The summed E-state index contributed by atoms with van der Waals surface area (Å²) in [5.74, 6) is -4.15. The lowest BCUT2D eigenvalue weighted by molar-refractivity contribution is -0.143. The van der Waals surface area contributed by atoms with Crippen LogP contribution < -0.4 is 0 Å². The molecule has 76 valence electrons. The van der Waals surface area contributed by atoms with Gasteiger partial charge in [-0.1, -0.05) is 25.7 Å². The summed E-state index contributed by atoms with van der Waals surface area (Å²) < 4.78 is 26.3. The van der Waals surface area contributed by atoms with Gasteiger partial charge in [0.2, 0.25) is 0 Å². The maximum absolute atomic E-state index is 13.1. The lowest BCUT2D eigenvalue weighted by atomic mass is 9.94. The molecule has 0 radical (unpaired) electrons. The Morgan fingerprint density at radius 3 is 2.00 bits per heavy atom. The molecular weight excluding hydrogens is 198 g/mol. The van der Waals surface area contributed by atoms with E-state index in [1.54, 1.807) is 0 Å². The minimum atomic E-state index is -3.31. The van der Waals surface area contributed by atoms with E-state index in [1.165, 1.54) is 0 Å². The van der Waals surface area contributed by atoms with Gasteiger partial charge in [-0.2, -0.15) is 8.78 Å². The van der Waals surface area contributed by atoms with Crippen LogP contribution in [-0.2, 0) is 4.79 Å². The predicted molar refractivity (Wildman–Crippen MR) is 47.0 cm³/mol. The molecule has 0 aromatic rings. The molecular formula is C9H13ClF2O. The molecule has 1 aliphatic rings. The number of carbonyl (C=O) groups is 1. The second-order valence-corrected chi connectivity index (χ2v) is 3.93. The molecule has 1 saturated carbocycles. The highest BCUT2D eigenvalue weighted by molar-refractivity contribution is 6.65. The van der Waals surface area contributed by atoms with Crippen molar-refractivity contribution in [3.63, 3.8) is 0 Å². The minimum Gasteiger partial charge on any atom is -0.274 e. The van der Waals surface area contributed by atoms with Gasteiger partial charge in [0, 0.05) is 5.92 Å². The van der Waals surface area contributed by atoms with Crippen molar-refractivity contribution < 1.29 is 13.6 Å². The van der Waals surface area contributed by atoms with Crippen molar-refractivity contribution in [2.75, 3.05) is 0 Å². The van der Waals surface area contributed by atoms with Crippen molar-refractivity contribution in [1.29, 1.82) is 0 Å². The van der Waals surface area contributed by atoms with Crippen LogP contribution >= 0.6 is 11.6 Å². The van der Waals surface area contributed by atoms with Crippen LogP contribution in [-0.4, -0.2) is 11.2 Å². The van der Waals surface area contributed by atoms with E-state index in [4.69, 9.17) is 11.6 Å². The molecule has 0 aromatic heterocycles. The monoisotopic (exact) mass is 210 g/mol. The van der Waals surface area contributed by atoms with Gasteiger partial charge in [0.1, 0.15) is 0 Å². The van der Waals surface area contributed by atoms with Gasteiger partial charge >= 0.3 is 5.92 Å².